The summed E-state index contributed by atoms with van der Waals surface area (Å²) in [6.45, 7) is 0. The molecule has 0 bridgehead atoms. The Balaban J connectivity index is 1.59. The Morgan fingerprint density at radius 3 is 2.57 bits per heavy atom. The molecule has 8 heteroatoms. The summed E-state index contributed by atoms with van der Waals surface area (Å²) >= 11 is 7.65. The number of carbonyl (C=O) groups is 1. The highest BCUT2D eigenvalue weighted by atomic mass is 35.5. The minimum atomic E-state index is -1.69. The normalized spacial score (nSPS) is 10.8. The van der Waals surface area contributed by atoms with Crippen molar-refractivity contribution in [3.63, 3.8) is 0 Å². The molecule has 1 aromatic heterocycles. The van der Waals surface area contributed by atoms with Gasteiger partial charge in [0.1, 0.15) is 5.01 Å². The fraction of sp³-hybridized carbons (Fsp3) is 0. The van der Waals surface area contributed by atoms with Crippen molar-refractivity contribution in [2.45, 2.75) is 0 Å². The van der Waals surface area contributed by atoms with E-state index in [0.717, 1.165) is 16.6 Å². The van der Waals surface area contributed by atoms with Crippen molar-refractivity contribution in [3.05, 3.63) is 94.1 Å². The van der Waals surface area contributed by atoms with Crippen molar-refractivity contribution in [3.8, 4) is 21.8 Å². The van der Waals surface area contributed by atoms with Gasteiger partial charge in [-0.15, -0.1) is 11.3 Å². The molecule has 0 aliphatic carbocycles. The van der Waals surface area contributed by atoms with E-state index in [-0.39, 0.29) is 0 Å². The third-order valence-electron chi connectivity index (χ3n) is 4.30. The lowest BCUT2D eigenvalue weighted by atomic mass is 10.1. The van der Waals surface area contributed by atoms with Crippen LogP contribution in [0.1, 0.15) is 10.4 Å². The van der Waals surface area contributed by atoms with Crippen LogP contribution in [0.4, 0.5) is 18.9 Å². The van der Waals surface area contributed by atoms with Crippen molar-refractivity contribution in [1.29, 1.82) is 0 Å². The number of benzene rings is 3. The Kier molecular flexibility index (Phi) is 5.57. The molecular weight excluding hydrogens is 433 g/mol. The summed E-state index contributed by atoms with van der Waals surface area (Å²) in [5.41, 5.74) is 1.97. The van der Waals surface area contributed by atoms with Crippen molar-refractivity contribution >= 4 is 34.5 Å². The average Bonchev–Trinajstić information content (AvgIpc) is 3.22. The minimum Gasteiger partial charge on any atom is -0.322 e. The number of hydrogen-bond acceptors (Lipinski definition) is 3. The molecule has 30 heavy (non-hydrogen) atoms. The number of hydrogen-bond donors (Lipinski definition) is 1. The first-order valence-electron chi connectivity index (χ1n) is 8.70. The van der Waals surface area contributed by atoms with E-state index in [1.54, 1.807) is 30.3 Å². The highest BCUT2D eigenvalue weighted by Gasteiger charge is 2.19. The maximum Gasteiger partial charge on any atom is 0.258 e. The molecule has 1 heterocycles. The van der Waals surface area contributed by atoms with Crippen LogP contribution in [0.2, 0.25) is 5.02 Å². The average molecular weight is 445 g/mol. The van der Waals surface area contributed by atoms with Crippen LogP contribution in [0.5, 0.6) is 0 Å². The van der Waals surface area contributed by atoms with E-state index in [1.807, 2.05) is 23.6 Å². The predicted octanol–water partition coefficient (Wildman–Crippen LogP) is 6.80. The number of aromatic nitrogens is 1. The van der Waals surface area contributed by atoms with Crippen molar-refractivity contribution in [2.75, 3.05) is 5.32 Å². The zero-order valence-corrected chi connectivity index (χ0v) is 16.7. The molecule has 0 radical (unpaired) electrons. The fourth-order valence-corrected chi connectivity index (χ4v) is 3.97. The summed E-state index contributed by atoms with van der Waals surface area (Å²) in [6, 6.07) is 15.7. The lowest BCUT2D eigenvalue weighted by Crippen LogP contribution is -2.15. The van der Waals surface area contributed by atoms with Crippen LogP contribution in [0.25, 0.3) is 21.8 Å². The van der Waals surface area contributed by atoms with Gasteiger partial charge in [0.2, 0.25) is 0 Å². The van der Waals surface area contributed by atoms with E-state index in [9.17, 15) is 18.0 Å². The first-order chi connectivity index (χ1) is 14.4. The number of thiazole rings is 1. The molecule has 0 fully saturated rings. The van der Waals surface area contributed by atoms with Gasteiger partial charge in [-0.25, -0.2) is 18.2 Å². The Hall–Kier alpha value is -3.16. The number of nitrogens with one attached hydrogen (secondary N) is 1. The molecule has 0 saturated carbocycles. The first-order valence-corrected chi connectivity index (χ1v) is 9.95. The molecule has 0 aliphatic heterocycles. The number of anilines is 1. The molecule has 0 unspecified atom stereocenters. The molecule has 1 N–H and O–H groups in total. The highest BCUT2D eigenvalue weighted by molar-refractivity contribution is 7.13. The van der Waals surface area contributed by atoms with Gasteiger partial charge in [-0.1, -0.05) is 41.9 Å². The molecule has 3 nitrogen and oxygen atoms in total. The Morgan fingerprint density at radius 2 is 1.77 bits per heavy atom. The summed E-state index contributed by atoms with van der Waals surface area (Å²) in [7, 11) is 0. The summed E-state index contributed by atoms with van der Waals surface area (Å²) in [5, 5.41) is 5.68. The summed E-state index contributed by atoms with van der Waals surface area (Å²) in [4.78, 5) is 16.9. The zero-order chi connectivity index (χ0) is 21.3. The SMILES string of the molecule is O=C(Nc1cccc(-c2csc(-c3ccccc3Cl)n2)c1)c1ccc(F)c(F)c1F. The monoisotopic (exact) mass is 444 g/mol. The molecule has 0 atom stereocenters. The number of rotatable bonds is 4. The zero-order valence-electron chi connectivity index (χ0n) is 15.1. The highest BCUT2D eigenvalue weighted by Crippen LogP contribution is 2.33. The number of halogens is 4. The van der Waals surface area contributed by atoms with Gasteiger partial charge in [0, 0.05) is 22.2 Å². The van der Waals surface area contributed by atoms with Crippen LogP contribution < -0.4 is 5.32 Å². The first kappa shape index (κ1) is 20.1. The van der Waals surface area contributed by atoms with Crippen molar-refractivity contribution in [1.82, 2.24) is 4.98 Å². The minimum absolute atomic E-state index is 0.355. The molecule has 1 amide bonds. The Morgan fingerprint density at radius 1 is 0.967 bits per heavy atom. The second-order valence-electron chi connectivity index (χ2n) is 6.28. The maximum absolute atomic E-state index is 13.9. The summed E-state index contributed by atoms with van der Waals surface area (Å²) < 4.78 is 40.3. The molecule has 150 valence electrons. The second kappa shape index (κ2) is 8.30. The Bertz CT molecular complexity index is 1260. The molecular formula is C22H12ClF3N2OS. The van der Waals surface area contributed by atoms with Gasteiger partial charge in [-0.2, -0.15) is 0 Å². The topological polar surface area (TPSA) is 42.0 Å². The second-order valence-corrected chi connectivity index (χ2v) is 7.54. The van der Waals surface area contributed by atoms with Gasteiger partial charge < -0.3 is 5.32 Å². The van der Waals surface area contributed by atoms with Crippen LogP contribution in [-0.4, -0.2) is 10.9 Å². The van der Waals surface area contributed by atoms with E-state index in [2.05, 4.69) is 10.3 Å². The van der Waals surface area contributed by atoms with E-state index < -0.39 is 28.9 Å². The summed E-state index contributed by atoms with van der Waals surface area (Å²) in [5.74, 6) is -5.47. The maximum atomic E-state index is 13.9. The van der Waals surface area contributed by atoms with Crippen LogP contribution in [0, 0.1) is 17.5 Å². The quantitative estimate of drug-likeness (QED) is 0.352. The van der Waals surface area contributed by atoms with Crippen molar-refractivity contribution < 1.29 is 18.0 Å². The molecule has 0 aliphatic rings. The number of carbonyl (C=O) groups excluding carboxylic acids is 1. The third-order valence-corrected chi connectivity index (χ3v) is 5.51. The van der Waals surface area contributed by atoms with Gasteiger partial charge in [0.05, 0.1) is 16.3 Å². The lowest BCUT2D eigenvalue weighted by Gasteiger charge is -2.08. The van der Waals surface area contributed by atoms with Gasteiger partial charge in [0.25, 0.3) is 5.91 Å². The Labute approximate surface area is 178 Å². The van der Waals surface area contributed by atoms with E-state index in [0.29, 0.717) is 28.0 Å². The predicted molar refractivity (Wildman–Crippen MR) is 112 cm³/mol. The van der Waals surface area contributed by atoms with Gasteiger partial charge in [0.15, 0.2) is 17.5 Å². The van der Waals surface area contributed by atoms with Gasteiger partial charge in [-0.3, -0.25) is 4.79 Å². The standard InChI is InChI=1S/C22H12ClF3N2OS/c23-16-7-2-1-6-14(16)22-28-18(11-30-22)12-4-3-5-13(10-12)27-21(29)15-8-9-17(24)20(26)19(15)25/h1-11H,(H,27,29). The molecule has 0 saturated heterocycles. The van der Waals surface area contributed by atoms with Crippen LogP contribution in [0.15, 0.2) is 66.0 Å². The molecule has 3 aromatic carbocycles. The fourth-order valence-electron chi connectivity index (χ4n) is 2.82. The van der Waals surface area contributed by atoms with Crippen LogP contribution in [-0.2, 0) is 0 Å². The molecule has 4 aromatic rings. The van der Waals surface area contributed by atoms with Gasteiger partial charge >= 0.3 is 0 Å². The van der Waals surface area contributed by atoms with E-state index >= 15 is 0 Å². The third kappa shape index (κ3) is 3.94. The van der Waals surface area contributed by atoms with Crippen LogP contribution >= 0.6 is 22.9 Å². The number of nitrogens with zero attached hydrogens (tertiary/aromatic N) is 1. The van der Waals surface area contributed by atoms with E-state index in [4.69, 9.17) is 11.6 Å². The largest absolute Gasteiger partial charge is 0.322 e. The lowest BCUT2D eigenvalue weighted by molar-refractivity contribution is 0.102. The smallest absolute Gasteiger partial charge is 0.258 e. The summed E-state index contributed by atoms with van der Waals surface area (Å²) in [6.07, 6.45) is 0. The number of amides is 1. The molecule has 4 rings (SSSR count). The molecule has 0 spiro atoms. The van der Waals surface area contributed by atoms with Crippen LogP contribution in [0.3, 0.4) is 0 Å². The van der Waals surface area contributed by atoms with Crippen molar-refractivity contribution in [2.24, 2.45) is 0 Å². The van der Waals surface area contributed by atoms with E-state index in [1.165, 1.54) is 11.3 Å². The van der Waals surface area contributed by atoms with Gasteiger partial charge in [-0.05, 0) is 30.3 Å².